The molecule has 112 valence electrons. The van der Waals surface area contributed by atoms with Gasteiger partial charge in [-0.25, -0.2) is 0 Å². The second kappa shape index (κ2) is 25.2. The fourth-order valence-electron chi connectivity index (χ4n) is 0. The van der Waals surface area contributed by atoms with Crippen molar-refractivity contribution in [3.8, 4) is 0 Å². The van der Waals surface area contributed by atoms with E-state index in [4.69, 9.17) is 35.0 Å². The van der Waals surface area contributed by atoms with Crippen molar-refractivity contribution in [3.05, 3.63) is 0 Å². The van der Waals surface area contributed by atoms with E-state index in [2.05, 4.69) is 0 Å². The Balaban J connectivity index is -0.00000000762. The number of rotatable bonds is 0. The third-order valence-electron chi connectivity index (χ3n) is 0. The summed E-state index contributed by atoms with van der Waals surface area (Å²) in [6.07, 6.45) is 0. The summed E-state index contributed by atoms with van der Waals surface area (Å²) in [7, 11) is -10.3. The van der Waals surface area contributed by atoms with Gasteiger partial charge in [-0.05, 0) is 0 Å². The van der Waals surface area contributed by atoms with Gasteiger partial charge in [-0.15, -0.1) is 0 Å². The molecule has 0 atom stereocenters. The predicted octanol–water partition coefficient (Wildman–Crippen LogP) is -8.00. The Morgan fingerprint density at radius 1 is 0.471 bits per heavy atom. The van der Waals surface area contributed by atoms with Gasteiger partial charge in [0, 0.05) is 20.8 Å². The quantitative estimate of drug-likeness (QED) is 0.205. The third-order valence-corrected chi connectivity index (χ3v) is 0. The van der Waals surface area contributed by atoms with Gasteiger partial charge in [0.25, 0.3) is 0 Å². The van der Waals surface area contributed by atoms with E-state index in [1.807, 2.05) is 0 Å². The second-order valence-electron chi connectivity index (χ2n) is 0.816. The van der Waals surface area contributed by atoms with E-state index in [0.717, 1.165) is 0 Å². The molecule has 0 saturated heterocycles. The molecule has 0 aliphatic heterocycles. The molecule has 14 nitrogen and oxygen atoms in total. The zero-order chi connectivity index (χ0) is 9.00. The molecule has 0 bridgehead atoms. The standard InChI is InChI=1S/2H2O4S.6H2O.Sn/c2*1-5(2,3)4;;;;;;;/h2*(H2,1,2,3,4);6*1H2;/q;;;;;;;;+4/p-4. The predicted molar refractivity (Wildman–Crippen MR) is 48.4 cm³/mol. The summed E-state index contributed by atoms with van der Waals surface area (Å²) in [5, 5.41) is 0. The molecule has 0 fully saturated rings. The average molecular weight is 419 g/mol. The van der Waals surface area contributed by atoms with Crippen LogP contribution in [0.15, 0.2) is 0 Å². The van der Waals surface area contributed by atoms with E-state index in [0.29, 0.717) is 0 Å². The SMILES string of the molecule is O.O.O.O.O.O.O=S(=O)([O-])[O-].O=S(=O)([O-])[O-].[Sn+4]. The first-order valence-corrected chi connectivity index (χ1v) is 4.00. The van der Waals surface area contributed by atoms with Crippen molar-refractivity contribution >= 4 is 44.7 Å². The molecule has 0 radical (unpaired) electrons. The third kappa shape index (κ3) is 37300. The molecule has 0 spiro atoms. The van der Waals surface area contributed by atoms with Crippen LogP contribution in [0.1, 0.15) is 0 Å². The summed E-state index contributed by atoms with van der Waals surface area (Å²) in [4.78, 5) is 0. The molecule has 0 rings (SSSR count). The van der Waals surface area contributed by atoms with Crippen LogP contribution in [0.3, 0.4) is 0 Å². The minimum absolute atomic E-state index is 0. The Kier molecular flexibility index (Phi) is 99.0. The molecule has 0 amide bonds. The minimum Gasteiger partial charge on any atom is -0.759 e. The van der Waals surface area contributed by atoms with Crippen LogP contribution in [0, 0.1) is 0 Å². The maximum absolute atomic E-state index is 8.52. The van der Waals surface area contributed by atoms with Gasteiger partial charge in [0.05, 0.1) is 0 Å². The fourth-order valence-corrected chi connectivity index (χ4v) is 0. The van der Waals surface area contributed by atoms with Crippen LogP contribution < -0.4 is 0 Å². The first-order valence-electron chi connectivity index (χ1n) is 1.33. The summed E-state index contributed by atoms with van der Waals surface area (Å²) in [5.41, 5.74) is 0. The van der Waals surface area contributed by atoms with Gasteiger partial charge in [0.2, 0.25) is 0 Å². The van der Waals surface area contributed by atoms with Crippen LogP contribution in [0.2, 0.25) is 0 Å². The van der Waals surface area contributed by atoms with Crippen molar-refractivity contribution < 1.29 is 67.9 Å². The van der Waals surface area contributed by atoms with Gasteiger partial charge in [0.1, 0.15) is 0 Å². The van der Waals surface area contributed by atoms with Crippen molar-refractivity contribution in [1.29, 1.82) is 0 Å². The molecule has 12 N–H and O–H groups in total. The molecule has 0 aliphatic rings. The zero-order valence-electron chi connectivity index (χ0n) is 7.58. The normalized spacial score (nSPS) is 6.82. The molecule has 0 saturated carbocycles. The van der Waals surface area contributed by atoms with E-state index in [1.165, 1.54) is 0 Å². The van der Waals surface area contributed by atoms with Crippen molar-refractivity contribution in [1.82, 2.24) is 0 Å². The second-order valence-corrected chi connectivity index (χ2v) is 2.45. The Hall–Kier alpha value is 0.299. The van der Waals surface area contributed by atoms with Gasteiger partial charge in [-0.3, -0.25) is 16.8 Å². The largest absolute Gasteiger partial charge is 4.00 e. The monoisotopic (exact) mass is 420 g/mol. The van der Waals surface area contributed by atoms with E-state index in [9.17, 15) is 0 Å². The van der Waals surface area contributed by atoms with Crippen molar-refractivity contribution in [2.45, 2.75) is 0 Å². The van der Waals surface area contributed by atoms with Crippen LogP contribution >= 0.6 is 0 Å². The first kappa shape index (κ1) is 66.7. The van der Waals surface area contributed by atoms with E-state index < -0.39 is 20.8 Å². The summed E-state index contributed by atoms with van der Waals surface area (Å²) in [6, 6.07) is 0. The molecular weight excluding hydrogens is 407 g/mol. The number of hydrogen-bond donors (Lipinski definition) is 0. The van der Waals surface area contributed by atoms with Crippen LogP contribution in [0.25, 0.3) is 0 Å². The van der Waals surface area contributed by atoms with E-state index in [1.54, 1.807) is 0 Å². The molecule has 0 aromatic carbocycles. The van der Waals surface area contributed by atoms with Gasteiger partial charge in [-0.1, -0.05) is 0 Å². The van der Waals surface area contributed by atoms with Crippen LogP contribution in [0.5, 0.6) is 0 Å². The van der Waals surface area contributed by atoms with Crippen LogP contribution in [-0.4, -0.2) is 91.8 Å². The minimum atomic E-state index is -5.17. The smallest absolute Gasteiger partial charge is 0.759 e. The van der Waals surface area contributed by atoms with E-state index in [-0.39, 0.29) is 56.8 Å². The van der Waals surface area contributed by atoms with Crippen molar-refractivity contribution in [2.24, 2.45) is 0 Å². The molecule has 0 aromatic heterocycles. The topological polar surface area (TPSA) is 350 Å². The molecule has 0 heterocycles. The molecule has 0 aliphatic carbocycles. The molecule has 0 aromatic rings. The summed E-state index contributed by atoms with van der Waals surface area (Å²) < 4.78 is 68.2. The van der Waals surface area contributed by atoms with Gasteiger partial charge < -0.3 is 51.1 Å². The van der Waals surface area contributed by atoms with Crippen LogP contribution in [-0.2, 0) is 20.8 Å². The average Bonchev–Trinajstić information content (AvgIpc) is 1.12. The van der Waals surface area contributed by atoms with Crippen molar-refractivity contribution in [3.63, 3.8) is 0 Å². The first-order chi connectivity index (χ1) is 4.00. The Morgan fingerprint density at radius 2 is 0.471 bits per heavy atom. The molecule has 17 heavy (non-hydrogen) atoms. The zero-order valence-corrected chi connectivity index (χ0v) is 12.1. The Bertz CT molecular complexity index is 211. The van der Waals surface area contributed by atoms with Crippen molar-refractivity contribution in [2.75, 3.05) is 0 Å². The van der Waals surface area contributed by atoms with Gasteiger partial charge in [0.15, 0.2) is 0 Å². The summed E-state index contributed by atoms with van der Waals surface area (Å²) >= 11 is 0. The molecule has 17 heteroatoms. The summed E-state index contributed by atoms with van der Waals surface area (Å²) in [5.74, 6) is 0. The summed E-state index contributed by atoms with van der Waals surface area (Å²) in [6.45, 7) is 0. The van der Waals surface area contributed by atoms with E-state index >= 15 is 0 Å². The maximum atomic E-state index is 8.52. The van der Waals surface area contributed by atoms with Crippen LogP contribution in [0.4, 0.5) is 0 Å². The van der Waals surface area contributed by atoms with Gasteiger partial charge >= 0.3 is 23.9 Å². The molecule has 0 unspecified atom stereocenters. The molecular formula is H12O14S2Sn. The maximum Gasteiger partial charge on any atom is 4.00 e. The fraction of sp³-hybridized carbons (Fsp3) is 0. The Labute approximate surface area is 113 Å². The number of hydrogen-bond acceptors (Lipinski definition) is 8. The Morgan fingerprint density at radius 3 is 0.471 bits per heavy atom. The van der Waals surface area contributed by atoms with Gasteiger partial charge in [-0.2, -0.15) is 0 Å².